The molecule has 9 heteroatoms. The molecule has 0 saturated carbocycles. The third kappa shape index (κ3) is 2.70. The van der Waals surface area contributed by atoms with Gasteiger partial charge in [0.15, 0.2) is 0 Å². The van der Waals surface area contributed by atoms with Crippen LogP contribution in [0.1, 0.15) is 41.0 Å². The molecule has 1 aliphatic rings. The van der Waals surface area contributed by atoms with Crippen molar-refractivity contribution in [2.75, 3.05) is 0 Å². The summed E-state index contributed by atoms with van der Waals surface area (Å²) < 4.78 is 0. The Kier molecular flexibility index (Phi) is 5.16. The molecule has 1 aromatic rings. The van der Waals surface area contributed by atoms with Gasteiger partial charge in [-0.2, -0.15) is 0 Å². The summed E-state index contributed by atoms with van der Waals surface area (Å²) in [5, 5.41) is 10.6. The highest BCUT2D eigenvalue weighted by atomic mass is 35.5. The van der Waals surface area contributed by atoms with Crippen molar-refractivity contribution >= 4 is 64.2 Å². The number of benzene rings is 1. The number of halogens is 4. The van der Waals surface area contributed by atoms with E-state index in [0.717, 1.165) is 0 Å². The van der Waals surface area contributed by atoms with Crippen LogP contribution in [0.4, 0.5) is 0 Å². The summed E-state index contributed by atoms with van der Waals surface area (Å²) in [6.07, 6.45) is 0.412. The highest BCUT2D eigenvalue weighted by Gasteiger charge is 2.46. The highest BCUT2D eigenvalue weighted by molar-refractivity contribution is 6.55. The van der Waals surface area contributed by atoms with Gasteiger partial charge in [0, 0.05) is 0 Å². The lowest BCUT2D eigenvalue weighted by atomic mass is 9.98. The second-order valence-corrected chi connectivity index (χ2v) is 6.65. The van der Waals surface area contributed by atoms with Gasteiger partial charge in [-0.15, -0.1) is 0 Å². The number of fused-ring (bicyclic) bond motifs is 1. The summed E-state index contributed by atoms with van der Waals surface area (Å²) in [5.41, 5.74) is -0.490. The third-order valence-electron chi connectivity index (χ3n) is 3.84. The zero-order valence-corrected chi connectivity index (χ0v) is 15.0. The maximum absolute atomic E-state index is 12.6. The summed E-state index contributed by atoms with van der Waals surface area (Å²) in [5.74, 6) is -3.83. The predicted molar refractivity (Wildman–Crippen MR) is 85.2 cm³/mol. The standard InChI is InChI=1S/C14H11Cl4NO4/c1-3-4(2)11(14(22)23)19-12(20)5-6(13(19)21)8(16)10(18)9(17)7(5)15/h4,11H,3H2,1-2H3,(H,22,23)/p-1/t4-,11-/m1/s1. The van der Waals surface area contributed by atoms with Crippen LogP contribution in [0, 0.1) is 5.92 Å². The van der Waals surface area contributed by atoms with Gasteiger partial charge in [-0.25, -0.2) is 0 Å². The molecule has 0 unspecified atom stereocenters. The van der Waals surface area contributed by atoms with E-state index in [-0.39, 0.29) is 31.2 Å². The lowest BCUT2D eigenvalue weighted by Gasteiger charge is -2.31. The number of imide groups is 1. The predicted octanol–water partition coefficient (Wildman–Crippen LogP) is 3.06. The molecule has 1 aliphatic heterocycles. The second kappa shape index (κ2) is 6.48. The Labute approximate surface area is 152 Å². The third-order valence-corrected chi connectivity index (χ3v) is 5.64. The average molecular weight is 398 g/mol. The van der Waals surface area contributed by atoms with Crippen molar-refractivity contribution in [2.24, 2.45) is 5.92 Å². The summed E-state index contributed by atoms with van der Waals surface area (Å²) in [6.45, 7) is 3.32. The molecule has 124 valence electrons. The Morgan fingerprint density at radius 2 is 1.39 bits per heavy atom. The van der Waals surface area contributed by atoms with Crippen LogP contribution in [0.2, 0.25) is 20.1 Å². The molecule has 0 saturated heterocycles. The molecule has 1 heterocycles. The number of nitrogens with zero attached hydrogens (tertiary/aromatic N) is 1. The van der Waals surface area contributed by atoms with Gasteiger partial charge >= 0.3 is 0 Å². The summed E-state index contributed by atoms with van der Waals surface area (Å²) in [4.78, 5) is 37.2. The number of rotatable bonds is 4. The maximum Gasteiger partial charge on any atom is 0.263 e. The SMILES string of the molecule is CC[C@@H](C)[C@H](C(=O)[O-])N1C(=O)c2c(Cl)c(Cl)c(Cl)c(Cl)c2C1=O. The summed E-state index contributed by atoms with van der Waals surface area (Å²) >= 11 is 23.8. The normalized spacial score (nSPS) is 16.5. The first kappa shape index (κ1) is 18.3. The van der Waals surface area contributed by atoms with Gasteiger partial charge in [0.1, 0.15) is 0 Å². The number of hydrogen-bond acceptors (Lipinski definition) is 4. The number of carbonyl (C=O) groups excluding carboxylic acids is 3. The second-order valence-electron chi connectivity index (χ2n) is 5.14. The van der Waals surface area contributed by atoms with Crippen LogP contribution in [-0.2, 0) is 4.79 Å². The zero-order valence-electron chi connectivity index (χ0n) is 12.0. The highest BCUT2D eigenvalue weighted by Crippen LogP contribution is 2.45. The van der Waals surface area contributed by atoms with Crippen molar-refractivity contribution in [2.45, 2.75) is 26.3 Å². The largest absolute Gasteiger partial charge is 0.548 e. The molecule has 0 aliphatic carbocycles. The van der Waals surface area contributed by atoms with E-state index in [2.05, 4.69) is 0 Å². The molecule has 0 N–H and O–H groups in total. The van der Waals surface area contributed by atoms with Crippen LogP contribution < -0.4 is 5.11 Å². The van der Waals surface area contributed by atoms with E-state index in [1.54, 1.807) is 13.8 Å². The number of aliphatic carboxylic acids is 1. The van der Waals surface area contributed by atoms with Crippen LogP contribution in [0.25, 0.3) is 0 Å². The van der Waals surface area contributed by atoms with E-state index in [4.69, 9.17) is 46.4 Å². The fourth-order valence-electron chi connectivity index (χ4n) is 2.43. The van der Waals surface area contributed by atoms with E-state index in [9.17, 15) is 19.5 Å². The van der Waals surface area contributed by atoms with Crippen molar-refractivity contribution in [1.82, 2.24) is 4.90 Å². The average Bonchev–Trinajstić information content (AvgIpc) is 2.75. The van der Waals surface area contributed by atoms with Crippen molar-refractivity contribution in [3.8, 4) is 0 Å². The molecule has 5 nitrogen and oxygen atoms in total. The van der Waals surface area contributed by atoms with Crippen LogP contribution >= 0.6 is 46.4 Å². The van der Waals surface area contributed by atoms with Gasteiger partial charge < -0.3 is 9.90 Å². The topological polar surface area (TPSA) is 77.5 Å². The number of carboxylic acids is 1. The minimum Gasteiger partial charge on any atom is -0.548 e. The molecule has 2 rings (SSSR count). The van der Waals surface area contributed by atoms with Crippen molar-refractivity contribution < 1.29 is 19.5 Å². The van der Waals surface area contributed by atoms with Crippen LogP contribution in [0.3, 0.4) is 0 Å². The smallest absolute Gasteiger partial charge is 0.263 e. The quantitative estimate of drug-likeness (QED) is 0.444. The van der Waals surface area contributed by atoms with E-state index in [1.807, 2.05) is 0 Å². The molecule has 23 heavy (non-hydrogen) atoms. The monoisotopic (exact) mass is 396 g/mol. The molecular weight excluding hydrogens is 388 g/mol. The minimum absolute atomic E-state index is 0.173. The number of amides is 2. The first-order valence-corrected chi connectivity index (χ1v) is 8.10. The van der Waals surface area contributed by atoms with E-state index < -0.39 is 29.7 Å². The molecule has 0 bridgehead atoms. The van der Waals surface area contributed by atoms with Crippen molar-refractivity contribution in [1.29, 1.82) is 0 Å². The van der Waals surface area contributed by atoms with Gasteiger partial charge in [0.05, 0.1) is 43.2 Å². The maximum atomic E-state index is 12.6. The first-order chi connectivity index (χ1) is 10.6. The Morgan fingerprint density at radius 1 is 1.00 bits per heavy atom. The molecular formula is C14H10Cl4NO4-. The first-order valence-electron chi connectivity index (χ1n) is 6.59. The molecule has 0 fully saturated rings. The molecule has 2 amide bonds. The Balaban J connectivity index is 2.69. The fraction of sp³-hybridized carbons (Fsp3) is 0.357. The van der Waals surface area contributed by atoms with Crippen LogP contribution in [0.5, 0.6) is 0 Å². The van der Waals surface area contributed by atoms with Gasteiger partial charge in [-0.05, 0) is 5.92 Å². The van der Waals surface area contributed by atoms with Crippen LogP contribution in [0.15, 0.2) is 0 Å². The Hall–Kier alpha value is -1.01. The van der Waals surface area contributed by atoms with E-state index in [1.165, 1.54) is 0 Å². The molecule has 1 aromatic carbocycles. The van der Waals surface area contributed by atoms with Gasteiger partial charge in [-0.3, -0.25) is 14.5 Å². The van der Waals surface area contributed by atoms with Crippen LogP contribution in [-0.4, -0.2) is 28.7 Å². The zero-order chi connectivity index (χ0) is 17.6. The molecule has 0 spiro atoms. The van der Waals surface area contributed by atoms with Gasteiger partial charge in [0.25, 0.3) is 11.8 Å². The van der Waals surface area contributed by atoms with Crippen molar-refractivity contribution in [3.05, 3.63) is 31.2 Å². The summed E-state index contributed by atoms with van der Waals surface area (Å²) in [7, 11) is 0. The minimum atomic E-state index is -1.54. The van der Waals surface area contributed by atoms with E-state index in [0.29, 0.717) is 11.3 Å². The Bertz CT molecular complexity index is 687. The number of hydrogen-bond donors (Lipinski definition) is 0. The molecule has 0 aromatic heterocycles. The van der Waals surface area contributed by atoms with Crippen molar-refractivity contribution in [3.63, 3.8) is 0 Å². The molecule has 0 radical (unpaired) electrons. The number of carboxylic acid groups (broad SMARTS) is 1. The fourth-order valence-corrected chi connectivity index (χ4v) is 3.45. The molecule has 2 atom stereocenters. The lowest BCUT2D eigenvalue weighted by molar-refractivity contribution is -0.311. The Morgan fingerprint density at radius 3 is 1.70 bits per heavy atom. The summed E-state index contributed by atoms with van der Waals surface area (Å²) in [6, 6.07) is -1.45. The lowest BCUT2D eigenvalue weighted by Crippen LogP contribution is -2.53. The van der Waals surface area contributed by atoms with Gasteiger partial charge in [-0.1, -0.05) is 66.7 Å². The number of carbonyl (C=O) groups is 3. The van der Waals surface area contributed by atoms with Gasteiger partial charge in [0.2, 0.25) is 0 Å². The van der Waals surface area contributed by atoms with E-state index >= 15 is 0 Å².